The summed E-state index contributed by atoms with van der Waals surface area (Å²) in [6.07, 6.45) is 4.34. The van der Waals surface area contributed by atoms with Gasteiger partial charge in [0.2, 0.25) is 11.8 Å². The van der Waals surface area contributed by atoms with Crippen LogP contribution in [0.3, 0.4) is 0 Å². The number of fused-ring (bicyclic) bond motifs is 2. The fourth-order valence-corrected chi connectivity index (χ4v) is 2.96. The molecule has 1 fully saturated rings. The Kier molecular flexibility index (Phi) is 2.97. The van der Waals surface area contributed by atoms with Crippen molar-refractivity contribution in [1.29, 1.82) is 0 Å². The molecule has 0 aromatic rings. The maximum absolute atomic E-state index is 12.1. The lowest BCUT2D eigenvalue weighted by Crippen LogP contribution is -2.43. The molecule has 0 saturated heterocycles. The molecule has 2 aliphatic carbocycles. The average molecular weight is 240 g/mol. The Labute approximate surface area is 100 Å². The van der Waals surface area contributed by atoms with Crippen molar-refractivity contribution in [2.45, 2.75) is 19.3 Å². The molecule has 3 N–H and O–H groups in total. The summed E-state index contributed by atoms with van der Waals surface area (Å²) in [5, 5.41) is 2.81. The molecule has 2 bridgehead atoms. The van der Waals surface area contributed by atoms with Crippen LogP contribution < -0.4 is 11.1 Å². The summed E-state index contributed by atoms with van der Waals surface area (Å²) in [5.74, 6) is 0.431. The molecule has 16 heavy (non-hydrogen) atoms. The molecule has 88 valence electrons. The van der Waals surface area contributed by atoms with E-state index in [0.717, 1.165) is 19.3 Å². The van der Waals surface area contributed by atoms with Crippen LogP contribution >= 0.6 is 12.6 Å². The van der Waals surface area contributed by atoms with E-state index in [1.54, 1.807) is 0 Å². The third kappa shape index (κ3) is 1.63. The van der Waals surface area contributed by atoms with Crippen LogP contribution in [0, 0.1) is 11.3 Å². The number of amides is 2. The number of rotatable bonds is 4. The summed E-state index contributed by atoms with van der Waals surface area (Å²) in [5.41, 5.74) is 5.21. The lowest BCUT2D eigenvalue weighted by Gasteiger charge is -2.27. The second-order valence-corrected chi connectivity index (χ2v) is 4.96. The standard InChI is InChI=1S/C11H16N2O2S/c12-9(14)8-5-7-1-2-11(8,6-7)10(15)13-3-4-16/h5,7,16H,1-4,6H2,(H2,12,14)(H,13,15). The van der Waals surface area contributed by atoms with Crippen LogP contribution in [0.15, 0.2) is 11.6 Å². The fraction of sp³-hybridized carbons (Fsp3) is 0.636. The van der Waals surface area contributed by atoms with E-state index in [9.17, 15) is 9.59 Å². The van der Waals surface area contributed by atoms with Gasteiger partial charge >= 0.3 is 0 Å². The number of thiol groups is 1. The van der Waals surface area contributed by atoms with Crippen LogP contribution in [-0.2, 0) is 9.59 Å². The minimum Gasteiger partial charge on any atom is -0.366 e. The van der Waals surface area contributed by atoms with E-state index in [1.807, 2.05) is 6.08 Å². The monoisotopic (exact) mass is 240 g/mol. The molecule has 4 nitrogen and oxygen atoms in total. The minimum absolute atomic E-state index is 0.0633. The number of carbonyl (C=O) groups is 2. The predicted octanol–water partition coefficient (Wildman–Crippen LogP) is 0.244. The van der Waals surface area contributed by atoms with Crippen LogP contribution in [0.2, 0.25) is 0 Å². The Hall–Kier alpha value is -0.970. The van der Waals surface area contributed by atoms with Crippen molar-refractivity contribution in [3.63, 3.8) is 0 Å². The molecule has 0 radical (unpaired) electrons. The van der Waals surface area contributed by atoms with E-state index in [1.165, 1.54) is 0 Å². The van der Waals surface area contributed by atoms with Crippen LogP contribution in [0.4, 0.5) is 0 Å². The SMILES string of the molecule is NC(=O)C1=CC2CCC1(C(=O)NCCS)C2. The molecule has 2 unspecified atom stereocenters. The zero-order valence-electron chi connectivity index (χ0n) is 9.03. The van der Waals surface area contributed by atoms with Gasteiger partial charge in [0.25, 0.3) is 0 Å². The molecular weight excluding hydrogens is 224 g/mol. The van der Waals surface area contributed by atoms with Crippen LogP contribution in [0.5, 0.6) is 0 Å². The number of carbonyl (C=O) groups excluding carboxylic acids is 2. The lowest BCUT2D eigenvalue weighted by atomic mass is 9.79. The van der Waals surface area contributed by atoms with Crippen molar-refractivity contribution in [2.24, 2.45) is 17.1 Å². The first kappa shape index (κ1) is 11.5. The van der Waals surface area contributed by atoms with Crippen LogP contribution in [0.1, 0.15) is 19.3 Å². The van der Waals surface area contributed by atoms with Gasteiger partial charge in [0.15, 0.2) is 0 Å². The highest BCUT2D eigenvalue weighted by Gasteiger charge is 2.53. The van der Waals surface area contributed by atoms with Crippen molar-refractivity contribution >= 4 is 24.4 Å². The smallest absolute Gasteiger partial charge is 0.245 e. The Morgan fingerprint density at radius 3 is 2.94 bits per heavy atom. The number of hydrogen-bond acceptors (Lipinski definition) is 3. The summed E-state index contributed by atoms with van der Waals surface area (Å²) in [7, 11) is 0. The van der Waals surface area contributed by atoms with E-state index in [0.29, 0.717) is 23.8 Å². The first-order valence-electron chi connectivity index (χ1n) is 5.51. The summed E-state index contributed by atoms with van der Waals surface area (Å²) < 4.78 is 0. The fourth-order valence-electron chi connectivity index (χ4n) is 2.85. The Balaban J connectivity index is 2.20. The molecular formula is C11H16N2O2S. The van der Waals surface area contributed by atoms with Gasteiger partial charge in [0.05, 0.1) is 5.41 Å². The number of nitrogens with two attached hydrogens (primary N) is 1. The molecule has 0 aliphatic heterocycles. The van der Waals surface area contributed by atoms with Gasteiger partial charge in [-0.25, -0.2) is 0 Å². The van der Waals surface area contributed by atoms with Crippen molar-refractivity contribution in [1.82, 2.24) is 5.32 Å². The van der Waals surface area contributed by atoms with Gasteiger partial charge in [-0.1, -0.05) is 6.08 Å². The first-order valence-corrected chi connectivity index (χ1v) is 6.14. The predicted molar refractivity (Wildman–Crippen MR) is 63.9 cm³/mol. The highest BCUT2D eigenvalue weighted by Crippen LogP contribution is 2.53. The third-order valence-electron chi connectivity index (χ3n) is 3.57. The Morgan fingerprint density at radius 1 is 1.62 bits per heavy atom. The summed E-state index contributed by atoms with van der Waals surface area (Å²) in [6.45, 7) is 0.528. The lowest BCUT2D eigenvalue weighted by molar-refractivity contribution is -0.130. The largest absolute Gasteiger partial charge is 0.366 e. The van der Waals surface area contributed by atoms with Crippen molar-refractivity contribution in [3.05, 3.63) is 11.6 Å². The summed E-state index contributed by atoms with van der Waals surface area (Å²) >= 11 is 4.05. The van der Waals surface area contributed by atoms with E-state index in [-0.39, 0.29) is 5.91 Å². The maximum Gasteiger partial charge on any atom is 0.245 e. The third-order valence-corrected chi connectivity index (χ3v) is 3.79. The van der Waals surface area contributed by atoms with Gasteiger partial charge in [0, 0.05) is 17.9 Å². The number of hydrogen-bond donors (Lipinski definition) is 3. The molecule has 0 heterocycles. The van der Waals surface area contributed by atoms with Gasteiger partial charge < -0.3 is 11.1 Å². The minimum atomic E-state index is -0.639. The van der Waals surface area contributed by atoms with Gasteiger partial charge in [0.1, 0.15) is 0 Å². The van der Waals surface area contributed by atoms with Crippen molar-refractivity contribution in [3.8, 4) is 0 Å². The summed E-state index contributed by atoms with van der Waals surface area (Å²) in [6, 6.07) is 0. The molecule has 2 aliphatic rings. The van der Waals surface area contributed by atoms with Gasteiger partial charge in [-0.3, -0.25) is 9.59 Å². The quantitative estimate of drug-likeness (QED) is 0.616. The molecule has 2 amide bonds. The molecule has 0 spiro atoms. The highest BCUT2D eigenvalue weighted by atomic mass is 32.1. The molecule has 5 heteroatoms. The maximum atomic E-state index is 12.1. The van der Waals surface area contributed by atoms with E-state index < -0.39 is 11.3 Å². The Bertz CT molecular complexity index is 367. The van der Waals surface area contributed by atoms with E-state index in [4.69, 9.17) is 5.73 Å². The summed E-state index contributed by atoms with van der Waals surface area (Å²) in [4.78, 5) is 23.4. The Morgan fingerprint density at radius 2 is 2.38 bits per heavy atom. The van der Waals surface area contributed by atoms with Gasteiger partial charge in [-0.15, -0.1) is 0 Å². The van der Waals surface area contributed by atoms with E-state index >= 15 is 0 Å². The van der Waals surface area contributed by atoms with Gasteiger partial charge in [-0.05, 0) is 25.2 Å². The average Bonchev–Trinajstić information content (AvgIpc) is 2.84. The highest BCUT2D eigenvalue weighted by molar-refractivity contribution is 7.80. The molecule has 2 rings (SSSR count). The zero-order valence-corrected chi connectivity index (χ0v) is 9.93. The van der Waals surface area contributed by atoms with Crippen molar-refractivity contribution in [2.75, 3.05) is 12.3 Å². The van der Waals surface area contributed by atoms with E-state index in [2.05, 4.69) is 17.9 Å². The normalized spacial score (nSPS) is 31.3. The second-order valence-electron chi connectivity index (χ2n) is 4.51. The first-order chi connectivity index (χ1) is 7.60. The van der Waals surface area contributed by atoms with Crippen LogP contribution in [-0.4, -0.2) is 24.1 Å². The van der Waals surface area contributed by atoms with Crippen LogP contribution in [0.25, 0.3) is 0 Å². The molecule has 1 saturated carbocycles. The number of nitrogens with one attached hydrogen (secondary N) is 1. The van der Waals surface area contributed by atoms with Gasteiger partial charge in [-0.2, -0.15) is 12.6 Å². The topological polar surface area (TPSA) is 72.2 Å². The molecule has 0 aromatic carbocycles. The molecule has 2 atom stereocenters. The van der Waals surface area contributed by atoms with Crippen molar-refractivity contribution < 1.29 is 9.59 Å². The second kappa shape index (κ2) is 4.13. The number of allylic oxidation sites excluding steroid dienone is 1. The molecule has 0 aromatic heterocycles. The zero-order chi connectivity index (χ0) is 11.8. The number of primary amides is 1.